The fraction of sp³-hybridized carbons (Fsp3) is 0. The molecule has 2 heterocycles. The van der Waals surface area contributed by atoms with Crippen molar-refractivity contribution < 1.29 is 9.90 Å². The largest absolute Gasteiger partial charge is 0.478 e. The molecule has 4 aromatic rings. The molecule has 0 unspecified atom stereocenters. The molecule has 0 saturated heterocycles. The number of nitrogens with zero attached hydrogens (tertiary/aromatic N) is 2. The highest BCUT2D eigenvalue weighted by Crippen LogP contribution is 2.24. The Labute approximate surface area is 123 Å². The fourth-order valence-corrected chi connectivity index (χ4v) is 2.85. The van der Waals surface area contributed by atoms with Gasteiger partial charge in [0.15, 0.2) is 4.77 Å². The molecule has 4 rings (SSSR count). The molecule has 2 aromatic heterocycles. The van der Waals surface area contributed by atoms with E-state index in [1.165, 1.54) is 0 Å². The summed E-state index contributed by atoms with van der Waals surface area (Å²) in [5.74, 6) is -0.968. The molecule has 2 aromatic carbocycles. The lowest BCUT2D eigenvalue weighted by molar-refractivity contribution is 0.0697. The molecular weight excluding hydrogens is 286 g/mol. The molecule has 0 amide bonds. The zero-order chi connectivity index (χ0) is 14.6. The zero-order valence-electron chi connectivity index (χ0n) is 10.7. The van der Waals surface area contributed by atoms with Crippen LogP contribution in [0.4, 0.5) is 0 Å². The summed E-state index contributed by atoms with van der Waals surface area (Å²) < 4.78 is 2.36. The van der Waals surface area contributed by atoms with E-state index in [1.807, 2.05) is 28.7 Å². The van der Waals surface area contributed by atoms with Gasteiger partial charge in [-0.1, -0.05) is 12.1 Å². The van der Waals surface area contributed by atoms with Gasteiger partial charge in [0, 0.05) is 5.39 Å². The van der Waals surface area contributed by atoms with Gasteiger partial charge in [-0.05, 0) is 42.5 Å². The van der Waals surface area contributed by atoms with Crippen molar-refractivity contribution in [1.29, 1.82) is 0 Å². The number of rotatable bonds is 1. The van der Waals surface area contributed by atoms with Gasteiger partial charge in [0.25, 0.3) is 0 Å². The smallest absolute Gasteiger partial charge is 0.335 e. The molecule has 6 heteroatoms. The number of carboxylic acid groups (broad SMARTS) is 1. The quantitative estimate of drug-likeness (QED) is 0.528. The third-order valence-electron chi connectivity index (χ3n) is 3.51. The number of aromatic amines is 1. The van der Waals surface area contributed by atoms with Crippen LogP contribution in [0.1, 0.15) is 10.4 Å². The Morgan fingerprint density at radius 3 is 2.86 bits per heavy atom. The second-order valence-electron chi connectivity index (χ2n) is 4.76. The number of para-hydroxylation sites is 2. The lowest BCUT2D eigenvalue weighted by Crippen LogP contribution is -1.98. The van der Waals surface area contributed by atoms with Crippen molar-refractivity contribution in [2.24, 2.45) is 0 Å². The Balaban J connectivity index is 2.24. The molecule has 0 aliphatic heterocycles. The molecule has 0 radical (unpaired) electrons. The van der Waals surface area contributed by atoms with Gasteiger partial charge in [-0.25, -0.2) is 9.78 Å². The topological polar surface area (TPSA) is 70.4 Å². The van der Waals surface area contributed by atoms with Gasteiger partial charge in [-0.2, -0.15) is 0 Å². The average molecular weight is 295 g/mol. The summed E-state index contributed by atoms with van der Waals surface area (Å²) in [6.07, 6.45) is 0. The van der Waals surface area contributed by atoms with Crippen molar-refractivity contribution in [3.05, 3.63) is 52.8 Å². The normalized spacial score (nSPS) is 11.4. The van der Waals surface area contributed by atoms with Gasteiger partial charge < -0.3 is 10.1 Å². The molecule has 0 aliphatic carbocycles. The Kier molecular flexibility index (Phi) is 2.37. The van der Waals surface area contributed by atoms with Crippen LogP contribution < -0.4 is 0 Å². The van der Waals surface area contributed by atoms with E-state index in [9.17, 15) is 4.79 Å². The molecule has 2 N–H and O–H groups in total. The molecule has 0 fully saturated rings. The van der Waals surface area contributed by atoms with Crippen molar-refractivity contribution in [1.82, 2.24) is 14.4 Å². The van der Waals surface area contributed by atoms with Crippen LogP contribution in [0.3, 0.4) is 0 Å². The van der Waals surface area contributed by atoms with Crippen LogP contribution in [0.25, 0.3) is 27.6 Å². The molecule has 5 nitrogen and oxygen atoms in total. The zero-order valence-corrected chi connectivity index (χ0v) is 11.5. The van der Waals surface area contributed by atoms with Crippen LogP contribution >= 0.6 is 12.2 Å². The number of carboxylic acids is 1. The maximum atomic E-state index is 11.1. The second kappa shape index (κ2) is 4.13. The number of carbonyl (C=O) groups is 1. The van der Waals surface area contributed by atoms with E-state index in [0.717, 1.165) is 22.1 Å². The minimum Gasteiger partial charge on any atom is -0.478 e. The third-order valence-corrected chi connectivity index (χ3v) is 3.80. The van der Waals surface area contributed by atoms with E-state index in [1.54, 1.807) is 18.2 Å². The van der Waals surface area contributed by atoms with Crippen molar-refractivity contribution in [2.75, 3.05) is 0 Å². The molecule has 0 spiro atoms. The summed E-state index contributed by atoms with van der Waals surface area (Å²) >= 11 is 5.39. The molecule has 102 valence electrons. The van der Waals surface area contributed by atoms with Crippen molar-refractivity contribution in [2.45, 2.75) is 0 Å². The van der Waals surface area contributed by atoms with E-state index in [2.05, 4.69) is 9.97 Å². The van der Waals surface area contributed by atoms with Gasteiger partial charge in [0.05, 0.1) is 22.1 Å². The number of fused-ring (bicyclic) bond motifs is 5. The van der Waals surface area contributed by atoms with E-state index in [0.29, 0.717) is 10.3 Å². The maximum Gasteiger partial charge on any atom is 0.335 e. The average Bonchev–Trinajstić information content (AvgIpc) is 2.86. The first kappa shape index (κ1) is 12.0. The van der Waals surface area contributed by atoms with Crippen molar-refractivity contribution in [3.63, 3.8) is 0 Å². The summed E-state index contributed by atoms with van der Waals surface area (Å²) in [6.45, 7) is 0. The highest BCUT2D eigenvalue weighted by atomic mass is 32.1. The summed E-state index contributed by atoms with van der Waals surface area (Å²) in [7, 11) is 0. The Bertz CT molecular complexity index is 1090. The summed E-state index contributed by atoms with van der Waals surface area (Å²) in [6, 6.07) is 12.6. The predicted molar refractivity (Wildman–Crippen MR) is 82.3 cm³/mol. The number of hydrogen-bond acceptors (Lipinski definition) is 3. The molecule has 0 bridgehead atoms. The van der Waals surface area contributed by atoms with Crippen LogP contribution in [-0.2, 0) is 0 Å². The summed E-state index contributed by atoms with van der Waals surface area (Å²) in [5, 5.41) is 9.92. The van der Waals surface area contributed by atoms with Gasteiger partial charge in [-0.15, -0.1) is 0 Å². The Morgan fingerprint density at radius 2 is 2.05 bits per heavy atom. The number of nitrogens with one attached hydrogen (secondary N) is 1. The third kappa shape index (κ3) is 1.66. The number of hydrogen-bond donors (Lipinski definition) is 2. The summed E-state index contributed by atoms with van der Waals surface area (Å²) in [5.41, 5.74) is 3.40. The van der Waals surface area contributed by atoms with Gasteiger partial charge in [0.2, 0.25) is 0 Å². The molecular formula is C15H9N3O2S. The Morgan fingerprint density at radius 1 is 1.24 bits per heavy atom. The minimum atomic E-state index is -0.968. The predicted octanol–water partition coefficient (Wildman–Crippen LogP) is 3.40. The molecule has 0 saturated carbocycles. The maximum absolute atomic E-state index is 11.1. The Hall–Kier alpha value is -2.73. The van der Waals surface area contributed by atoms with Gasteiger partial charge in [-0.3, -0.25) is 4.40 Å². The van der Waals surface area contributed by atoms with Gasteiger partial charge in [0.1, 0.15) is 5.65 Å². The van der Waals surface area contributed by atoms with E-state index < -0.39 is 5.97 Å². The van der Waals surface area contributed by atoms with Crippen LogP contribution in [0, 0.1) is 4.77 Å². The fourth-order valence-electron chi connectivity index (χ4n) is 2.56. The SMILES string of the molecule is O=C(O)c1ccc2c(c1)[nH]c(=S)n1c3ccccc3nc21. The monoisotopic (exact) mass is 295 g/mol. The highest BCUT2D eigenvalue weighted by molar-refractivity contribution is 7.71. The highest BCUT2D eigenvalue weighted by Gasteiger charge is 2.11. The first-order chi connectivity index (χ1) is 10.1. The minimum absolute atomic E-state index is 0.216. The van der Waals surface area contributed by atoms with Crippen LogP contribution in [0.2, 0.25) is 0 Å². The number of aromatic nitrogens is 3. The standard InChI is InChI=1S/C15H9N3O2S/c19-14(20)8-5-6-9-11(7-8)17-15(21)18-12-4-2-1-3-10(12)16-13(9)18/h1-7H,(H,17,21)(H,19,20). The number of aromatic carboxylic acids is 1. The van der Waals surface area contributed by atoms with Crippen molar-refractivity contribution in [3.8, 4) is 0 Å². The van der Waals surface area contributed by atoms with E-state index in [4.69, 9.17) is 17.3 Å². The van der Waals surface area contributed by atoms with Crippen LogP contribution in [-0.4, -0.2) is 25.4 Å². The lowest BCUT2D eigenvalue weighted by atomic mass is 10.1. The summed E-state index contributed by atoms with van der Waals surface area (Å²) in [4.78, 5) is 18.8. The van der Waals surface area contributed by atoms with Crippen LogP contribution in [0.15, 0.2) is 42.5 Å². The van der Waals surface area contributed by atoms with Crippen LogP contribution in [0.5, 0.6) is 0 Å². The molecule has 0 atom stereocenters. The van der Waals surface area contributed by atoms with E-state index >= 15 is 0 Å². The lowest BCUT2D eigenvalue weighted by Gasteiger charge is -2.03. The molecule has 21 heavy (non-hydrogen) atoms. The number of imidazole rings is 1. The van der Waals surface area contributed by atoms with Crippen molar-refractivity contribution >= 4 is 45.8 Å². The first-order valence-corrected chi connectivity index (χ1v) is 6.72. The molecule has 0 aliphatic rings. The van der Waals surface area contributed by atoms with Gasteiger partial charge >= 0.3 is 5.97 Å². The second-order valence-corrected chi connectivity index (χ2v) is 5.14. The van der Waals surface area contributed by atoms with E-state index in [-0.39, 0.29) is 5.56 Å². The first-order valence-electron chi connectivity index (χ1n) is 6.32. The number of H-pyrrole nitrogens is 1. The number of benzene rings is 2.